The first-order chi connectivity index (χ1) is 9.08. The first-order valence-electron chi connectivity index (χ1n) is 5.77. The van der Waals surface area contributed by atoms with E-state index in [1.54, 1.807) is 13.8 Å². The fourth-order valence-electron chi connectivity index (χ4n) is 1.50. The van der Waals surface area contributed by atoms with Gasteiger partial charge in [-0.2, -0.15) is 13.2 Å². The lowest BCUT2D eigenvalue weighted by Gasteiger charge is -2.23. The fraction of sp³-hybridized carbons (Fsp3) is 0.462. The molecule has 0 aliphatic rings. The second-order valence-electron chi connectivity index (χ2n) is 4.92. The lowest BCUT2D eigenvalue weighted by molar-refractivity contribution is -0.149. The van der Waals surface area contributed by atoms with E-state index in [2.05, 4.69) is 10.1 Å². The Morgan fingerprint density at radius 2 is 1.95 bits per heavy atom. The molecule has 0 amide bonds. The third-order valence-corrected chi connectivity index (χ3v) is 3.08. The lowest BCUT2D eigenvalue weighted by atomic mass is 9.93. The minimum absolute atomic E-state index is 0.0979. The number of rotatable bonds is 4. The SMILES string of the molecule is COC(=O)C(C)(C)CNc1cc(C(F)(F)F)ccc1Cl. The molecule has 112 valence electrons. The highest BCUT2D eigenvalue weighted by atomic mass is 35.5. The first-order valence-corrected chi connectivity index (χ1v) is 6.15. The number of carbonyl (C=O) groups is 1. The number of esters is 1. The number of carbonyl (C=O) groups excluding carboxylic acids is 1. The van der Waals surface area contributed by atoms with E-state index in [0.717, 1.165) is 18.2 Å². The molecular weight excluding hydrogens is 295 g/mol. The Balaban J connectivity index is 2.91. The van der Waals surface area contributed by atoms with Gasteiger partial charge in [-0.25, -0.2) is 0 Å². The van der Waals surface area contributed by atoms with E-state index < -0.39 is 23.1 Å². The average Bonchev–Trinajstić information content (AvgIpc) is 2.35. The average molecular weight is 310 g/mol. The molecule has 0 aliphatic carbocycles. The van der Waals surface area contributed by atoms with Gasteiger partial charge < -0.3 is 10.1 Å². The summed E-state index contributed by atoms with van der Waals surface area (Å²) in [6.45, 7) is 3.33. The number of nitrogens with one attached hydrogen (secondary N) is 1. The molecule has 3 nitrogen and oxygen atoms in total. The Kier molecular flexibility index (Phi) is 4.91. The predicted molar refractivity (Wildman–Crippen MR) is 70.7 cm³/mol. The third kappa shape index (κ3) is 4.03. The van der Waals surface area contributed by atoms with Crippen LogP contribution in [0.5, 0.6) is 0 Å². The van der Waals surface area contributed by atoms with Crippen LogP contribution in [0.2, 0.25) is 5.02 Å². The van der Waals surface area contributed by atoms with Gasteiger partial charge in [-0.3, -0.25) is 4.79 Å². The Morgan fingerprint density at radius 3 is 2.45 bits per heavy atom. The van der Waals surface area contributed by atoms with Gasteiger partial charge in [0.05, 0.1) is 28.8 Å². The van der Waals surface area contributed by atoms with Crippen LogP contribution in [0, 0.1) is 5.41 Å². The zero-order valence-electron chi connectivity index (χ0n) is 11.3. The number of hydrogen-bond donors (Lipinski definition) is 1. The summed E-state index contributed by atoms with van der Waals surface area (Å²) in [5, 5.41) is 2.90. The molecule has 0 radical (unpaired) electrons. The normalized spacial score (nSPS) is 12.2. The molecule has 0 bridgehead atoms. The zero-order valence-corrected chi connectivity index (χ0v) is 12.0. The van der Waals surface area contributed by atoms with Crippen molar-refractivity contribution in [3.63, 3.8) is 0 Å². The van der Waals surface area contributed by atoms with Crippen LogP contribution in [0.4, 0.5) is 18.9 Å². The minimum Gasteiger partial charge on any atom is -0.469 e. The predicted octanol–water partition coefficient (Wildman–Crippen LogP) is 3.97. The maximum absolute atomic E-state index is 12.6. The molecule has 20 heavy (non-hydrogen) atoms. The lowest BCUT2D eigenvalue weighted by Crippen LogP contribution is -2.33. The third-order valence-electron chi connectivity index (χ3n) is 2.75. The fourth-order valence-corrected chi connectivity index (χ4v) is 1.69. The summed E-state index contributed by atoms with van der Waals surface area (Å²) in [4.78, 5) is 11.5. The van der Waals surface area contributed by atoms with Crippen LogP contribution in [0.25, 0.3) is 0 Å². The smallest absolute Gasteiger partial charge is 0.416 e. The molecular formula is C13H15ClF3NO2. The number of halogens is 4. The van der Waals surface area contributed by atoms with E-state index in [4.69, 9.17) is 11.6 Å². The molecule has 0 unspecified atom stereocenters. The van der Waals surface area contributed by atoms with Gasteiger partial charge in [-0.05, 0) is 32.0 Å². The second kappa shape index (κ2) is 5.91. The number of benzene rings is 1. The molecule has 1 aromatic rings. The number of alkyl halides is 3. The second-order valence-corrected chi connectivity index (χ2v) is 5.33. The number of hydrogen-bond acceptors (Lipinski definition) is 3. The van der Waals surface area contributed by atoms with Gasteiger partial charge in [0.2, 0.25) is 0 Å². The molecule has 0 aromatic heterocycles. The summed E-state index contributed by atoms with van der Waals surface area (Å²) >= 11 is 5.84. The van der Waals surface area contributed by atoms with E-state index in [9.17, 15) is 18.0 Å². The molecule has 0 fully saturated rings. The molecule has 1 N–H and O–H groups in total. The van der Waals surface area contributed by atoms with Crippen LogP contribution in [0.15, 0.2) is 18.2 Å². The zero-order chi connectivity index (χ0) is 15.6. The molecule has 1 rings (SSSR count). The molecule has 0 spiro atoms. The highest BCUT2D eigenvalue weighted by Crippen LogP contribution is 2.34. The molecule has 7 heteroatoms. The van der Waals surface area contributed by atoms with Crippen molar-refractivity contribution < 1.29 is 22.7 Å². The van der Waals surface area contributed by atoms with E-state index in [1.165, 1.54) is 7.11 Å². The summed E-state index contributed by atoms with van der Waals surface area (Å²) < 4.78 is 42.5. The van der Waals surface area contributed by atoms with Crippen molar-refractivity contribution in [1.82, 2.24) is 0 Å². The summed E-state index contributed by atoms with van der Waals surface area (Å²) in [6, 6.07) is 2.98. The van der Waals surface area contributed by atoms with Crippen LogP contribution in [-0.4, -0.2) is 19.6 Å². The van der Waals surface area contributed by atoms with E-state index in [0.29, 0.717) is 0 Å². The number of methoxy groups -OCH3 is 1. The van der Waals surface area contributed by atoms with Crippen LogP contribution >= 0.6 is 11.6 Å². The van der Waals surface area contributed by atoms with Crippen molar-refractivity contribution in [3.8, 4) is 0 Å². The summed E-state index contributed by atoms with van der Waals surface area (Å²) in [5.74, 6) is -0.465. The minimum atomic E-state index is -4.45. The van der Waals surface area contributed by atoms with Crippen molar-refractivity contribution in [3.05, 3.63) is 28.8 Å². The van der Waals surface area contributed by atoms with Gasteiger partial charge in [-0.1, -0.05) is 11.6 Å². The van der Waals surface area contributed by atoms with Crippen molar-refractivity contribution in [2.75, 3.05) is 19.0 Å². The van der Waals surface area contributed by atoms with Gasteiger partial charge in [0, 0.05) is 6.54 Å². The van der Waals surface area contributed by atoms with Crippen LogP contribution in [0.3, 0.4) is 0 Å². The summed E-state index contributed by atoms with van der Waals surface area (Å²) in [5.41, 5.74) is -1.56. The number of ether oxygens (including phenoxy) is 1. The monoisotopic (exact) mass is 309 g/mol. The quantitative estimate of drug-likeness (QED) is 0.855. The molecule has 0 saturated heterocycles. The van der Waals surface area contributed by atoms with Gasteiger partial charge in [-0.15, -0.1) is 0 Å². The standard InChI is InChI=1S/C13H15ClF3NO2/c1-12(2,11(19)20-3)7-18-10-6-8(13(15,16)17)4-5-9(10)14/h4-6,18H,7H2,1-3H3. The van der Waals surface area contributed by atoms with Crippen LogP contribution in [-0.2, 0) is 15.7 Å². The van der Waals surface area contributed by atoms with Gasteiger partial charge in [0.1, 0.15) is 0 Å². The Bertz CT molecular complexity index is 501. The Labute approximate surface area is 120 Å². The molecule has 0 heterocycles. The largest absolute Gasteiger partial charge is 0.469 e. The van der Waals surface area contributed by atoms with Crippen molar-refractivity contribution in [1.29, 1.82) is 0 Å². The van der Waals surface area contributed by atoms with Gasteiger partial charge >= 0.3 is 12.1 Å². The highest BCUT2D eigenvalue weighted by molar-refractivity contribution is 6.33. The molecule has 0 aliphatic heterocycles. The Hall–Kier alpha value is -1.43. The van der Waals surface area contributed by atoms with Gasteiger partial charge in [0.15, 0.2) is 0 Å². The van der Waals surface area contributed by atoms with Crippen molar-refractivity contribution in [2.24, 2.45) is 5.41 Å². The molecule has 0 saturated carbocycles. The first kappa shape index (κ1) is 16.6. The topological polar surface area (TPSA) is 38.3 Å². The van der Waals surface area contributed by atoms with Crippen LogP contribution < -0.4 is 5.32 Å². The molecule has 0 atom stereocenters. The van der Waals surface area contributed by atoms with Crippen molar-refractivity contribution >= 4 is 23.3 Å². The van der Waals surface area contributed by atoms with Crippen LogP contribution in [0.1, 0.15) is 19.4 Å². The molecule has 1 aromatic carbocycles. The summed E-state index contributed by atoms with van der Waals surface area (Å²) in [6.07, 6.45) is -4.45. The number of anilines is 1. The maximum atomic E-state index is 12.6. The van der Waals surface area contributed by atoms with E-state index in [-0.39, 0.29) is 17.3 Å². The van der Waals surface area contributed by atoms with Crippen molar-refractivity contribution in [2.45, 2.75) is 20.0 Å². The Morgan fingerprint density at radius 1 is 1.35 bits per heavy atom. The van der Waals surface area contributed by atoms with E-state index >= 15 is 0 Å². The van der Waals surface area contributed by atoms with Gasteiger partial charge in [0.25, 0.3) is 0 Å². The summed E-state index contributed by atoms with van der Waals surface area (Å²) in [7, 11) is 1.25. The maximum Gasteiger partial charge on any atom is 0.416 e. The van der Waals surface area contributed by atoms with E-state index in [1.807, 2.05) is 0 Å². The highest BCUT2D eigenvalue weighted by Gasteiger charge is 2.32.